The number of nitrogens with one attached hydrogen (secondary N) is 1. The zero-order valence-corrected chi connectivity index (χ0v) is 13.7. The fourth-order valence-electron chi connectivity index (χ4n) is 2.42. The maximum absolute atomic E-state index is 12.6. The molecule has 0 radical (unpaired) electrons. The summed E-state index contributed by atoms with van der Waals surface area (Å²) in [5.41, 5.74) is 0.908. The van der Waals surface area contributed by atoms with Crippen LogP contribution in [-0.4, -0.2) is 21.6 Å². The van der Waals surface area contributed by atoms with Crippen molar-refractivity contribution in [3.05, 3.63) is 54.1 Å². The van der Waals surface area contributed by atoms with Gasteiger partial charge in [-0.15, -0.1) is 0 Å². The Morgan fingerprint density at radius 3 is 2.43 bits per heavy atom. The average Bonchev–Trinajstić information content (AvgIpc) is 2.80. The Labute approximate surface area is 136 Å². The first kappa shape index (κ1) is 15.8. The van der Waals surface area contributed by atoms with Crippen molar-refractivity contribution in [3.8, 4) is 11.5 Å². The molecular weight excluding hydrogens is 314 g/mol. The smallest absolute Gasteiger partial charge is 0.241 e. The van der Waals surface area contributed by atoms with Gasteiger partial charge in [0.1, 0.15) is 0 Å². The second-order valence-corrected chi connectivity index (χ2v) is 7.13. The normalized spacial score (nSPS) is 15.7. The average molecular weight is 333 g/mol. The third-order valence-electron chi connectivity index (χ3n) is 3.66. The maximum atomic E-state index is 12.6. The monoisotopic (exact) mass is 333 g/mol. The molecule has 1 unspecified atom stereocenters. The van der Waals surface area contributed by atoms with Crippen LogP contribution in [-0.2, 0) is 10.0 Å². The van der Waals surface area contributed by atoms with Gasteiger partial charge in [-0.3, -0.25) is 0 Å². The van der Waals surface area contributed by atoms with E-state index in [1.54, 1.807) is 6.07 Å². The van der Waals surface area contributed by atoms with Gasteiger partial charge in [-0.2, -0.15) is 0 Å². The third kappa shape index (κ3) is 3.65. The van der Waals surface area contributed by atoms with E-state index in [2.05, 4.69) is 4.72 Å². The number of fused-ring (bicyclic) bond motifs is 1. The second kappa shape index (κ2) is 6.60. The van der Waals surface area contributed by atoms with Gasteiger partial charge in [-0.25, -0.2) is 13.1 Å². The van der Waals surface area contributed by atoms with Crippen LogP contribution in [0.2, 0.25) is 0 Å². The molecule has 0 aromatic heterocycles. The maximum Gasteiger partial charge on any atom is 0.241 e. The quantitative estimate of drug-likeness (QED) is 0.934. The lowest BCUT2D eigenvalue weighted by molar-refractivity contribution is 0.297. The highest BCUT2D eigenvalue weighted by Gasteiger charge is 2.21. The van der Waals surface area contributed by atoms with Crippen molar-refractivity contribution in [2.45, 2.75) is 24.3 Å². The van der Waals surface area contributed by atoms with Crippen LogP contribution in [0, 0.1) is 0 Å². The van der Waals surface area contributed by atoms with Crippen LogP contribution in [0.3, 0.4) is 0 Å². The van der Waals surface area contributed by atoms with Gasteiger partial charge in [0.25, 0.3) is 0 Å². The van der Waals surface area contributed by atoms with Gasteiger partial charge in [0.2, 0.25) is 10.0 Å². The summed E-state index contributed by atoms with van der Waals surface area (Å²) < 4.78 is 38.9. The van der Waals surface area contributed by atoms with Gasteiger partial charge in [0.05, 0.1) is 18.1 Å². The van der Waals surface area contributed by atoms with Crippen LogP contribution in [0.5, 0.6) is 11.5 Å². The number of hydrogen-bond donors (Lipinski definition) is 1. The molecular formula is C17H19NO4S. The Bertz CT molecular complexity index is 774. The van der Waals surface area contributed by atoms with Crippen molar-refractivity contribution >= 4 is 10.0 Å². The van der Waals surface area contributed by atoms with Gasteiger partial charge in [0.15, 0.2) is 11.5 Å². The molecule has 3 rings (SSSR count). The molecule has 2 aromatic rings. The van der Waals surface area contributed by atoms with Crippen molar-refractivity contribution in [2.75, 3.05) is 13.2 Å². The minimum Gasteiger partial charge on any atom is -0.490 e. The lowest BCUT2D eigenvalue weighted by Gasteiger charge is -2.15. The summed E-state index contributed by atoms with van der Waals surface area (Å²) in [6.45, 7) is 2.91. The van der Waals surface area contributed by atoms with E-state index in [4.69, 9.17) is 9.47 Å². The number of benzene rings is 2. The van der Waals surface area contributed by atoms with Gasteiger partial charge in [0, 0.05) is 18.5 Å². The molecule has 2 aromatic carbocycles. The van der Waals surface area contributed by atoms with Crippen molar-refractivity contribution in [1.29, 1.82) is 0 Å². The molecule has 23 heavy (non-hydrogen) atoms. The highest BCUT2D eigenvalue weighted by molar-refractivity contribution is 7.89. The van der Waals surface area contributed by atoms with E-state index in [0.717, 1.165) is 12.0 Å². The molecule has 0 saturated carbocycles. The molecule has 1 N–H and O–H groups in total. The summed E-state index contributed by atoms with van der Waals surface area (Å²) in [7, 11) is -3.64. The summed E-state index contributed by atoms with van der Waals surface area (Å²) in [6.07, 6.45) is 0.778. The zero-order chi connectivity index (χ0) is 16.3. The molecule has 0 spiro atoms. The highest BCUT2D eigenvalue weighted by atomic mass is 32.2. The first-order chi connectivity index (χ1) is 11.1. The van der Waals surface area contributed by atoms with Crippen LogP contribution >= 0.6 is 0 Å². The largest absolute Gasteiger partial charge is 0.490 e. The molecule has 1 aliphatic rings. The van der Waals surface area contributed by atoms with E-state index >= 15 is 0 Å². The molecule has 0 saturated heterocycles. The summed E-state index contributed by atoms with van der Waals surface area (Å²) in [5, 5.41) is 0. The van der Waals surface area contributed by atoms with Crippen LogP contribution in [0.1, 0.15) is 24.9 Å². The van der Waals surface area contributed by atoms with Gasteiger partial charge in [-0.1, -0.05) is 30.3 Å². The molecule has 0 bridgehead atoms. The van der Waals surface area contributed by atoms with E-state index in [1.807, 2.05) is 37.3 Å². The van der Waals surface area contributed by atoms with Crippen LogP contribution in [0.25, 0.3) is 0 Å². The number of sulfonamides is 1. The van der Waals surface area contributed by atoms with E-state index < -0.39 is 10.0 Å². The van der Waals surface area contributed by atoms with Crippen molar-refractivity contribution < 1.29 is 17.9 Å². The van der Waals surface area contributed by atoms with Crippen molar-refractivity contribution in [3.63, 3.8) is 0 Å². The molecule has 0 amide bonds. The molecule has 1 aliphatic heterocycles. The molecule has 0 aliphatic carbocycles. The predicted molar refractivity (Wildman–Crippen MR) is 87.2 cm³/mol. The lowest BCUT2D eigenvalue weighted by Crippen LogP contribution is -2.26. The summed E-state index contributed by atoms with van der Waals surface area (Å²) >= 11 is 0. The Hall–Kier alpha value is -2.05. The number of hydrogen-bond acceptors (Lipinski definition) is 4. The van der Waals surface area contributed by atoms with Crippen molar-refractivity contribution in [2.24, 2.45) is 0 Å². The fraction of sp³-hybridized carbons (Fsp3) is 0.294. The number of ether oxygens (including phenoxy) is 2. The minimum atomic E-state index is -3.64. The number of rotatable bonds is 4. The van der Waals surface area contributed by atoms with E-state index in [0.29, 0.717) is 24.7 Å². The molecule has 1 atom stereocenters. The summed E-state index contributed by atoms with van der Waals surface area (Å²) in [5.74, 6) is 1.05. The molecule has 122 valence electrons. The molecule has 1 heterocycles. The lowest BCUT2D eigenvalue weighted by atomic mass is 10.1. The van der Waals surface area contributed by atoms with Gasteiger partial charge < -0.3 is 9.47 Å². The zero-order valence-electron chi connectivity index (χ0n) is 12.9. The van der Waals surface area contributed by atoms with Gasteiger partial charge >= 0.3 is 0 Å². The van der Waals surface area contributed by atoms with E-state index in [-0.39, 0.29) is 10.9 Å². The summed E-state index contributed by atoms with van der Waals surface area (Å²) in [6, 6.07) is 13.8. The predicted octanol–water partition coefficient (Wildman–Crippen LogP) is 2.89. The first-order valence-corrected chi connectivity index (χ1v) is 9.01. The molecule has 5 nitrogen and oxygen atoms in total. The second-order valence-electron chi connectivity index (χ2n) is 5.41. The standard InChI is InChI=1S/C17H19NO4S/c1-13(14-6-3-2-4-7-14)18-23(19,20)15-8-9-16-17(12-15)22-11-5-10-21-16/h2-4,6-9,12-13,18H,5,10-11H2,1H3. The van der Waals surface area contributed by atoms with Gasteiger partial charge in [-0.05, 0) is 24.6 Å². The van der Waals surface area contributed by atoms with E-state index in [1.165, 1.54) is 12.1 Å². The highest BCUT2D eigenvalue weighted by Crippen LogP contribution is 2.32. The Kier molecular flexibility index (Phi) is 4.54. The summed E-state index contributed by atoms with van der Waals surface area (Å²) in [4.78, 5) is 0.171. The van der Waals surface area contributed by atoms with Crippen LogP contribution in [0.4, 0.5) is 0 Å². The molecule has 0 fully saturated rings. The van der Waals surface area contributed by atoms with E-state index in [9.17, 15) is 8.42 Å². The fourth-order valence-corrected chi connectivity index (χ4v) is 3.67. The Morgan fingerprint density at radius 1 is 1.00 bits per heavy atom. The minimum absolute atomic E-state index is 0.171. The van der Waals surface area contributed by atoms with Crippen molar-refractivity contribution in [1.82, 2.24) is 4.72 Å². The topological polar surface area (TPSA) is 64.6 Å². The third-order valence-corrected chi connectivity index (χ3v) is 5.20. The first-order valence-electron chi connectivity index (χ1n) is 7.53. The molecule has 6 heteroatoms. The van der Waals surface area contributed by atoms with Crippen LogP contribution < -0.4 is 14.2 Å². The Balaban J connectivity index is 1.84. The van der Waals surface area contributed by atoms with Crippen LogP contribution in [0.15, 0.2) is 53.4 Å². The Morgan fingerprint density at radius 2 is 1.70 bits per heavy atom. The SMILES string of the molecule is CC(NS(=O)(=O)c1ccc2c(c1)OCCCO2)c1ccccc1.